The van der Waals surface area contributed by atoms with Gasteiger partial charge in [0, 0.05) is 5.56 Å². The van der Waals surface area contributed by atoms with Gasteiger partial charge in [0.1, 0.15) is 12.4 Å². The van der Waals surface area contributed by atoms with Crippen molar-refractivity contribution in [3.05, 3.63) is 107 Å². The van der Waals surface area contributed by atoms with Crippen molar-refractivity contribution in [2.24, 2.45) is 0 Å². The monoisotopic (exact) mass is 413 g/mol. The normalized spacial score (nSPS) is 13.4. The van der Waals surface area contributed by atoms with Gasteiger partial charge < -0.3 is 14.8 Å². The highest BCUT2D eigenvalue weighted by Gasteiger charge is 2.25. The second-order valence-electron chi connectivity index (χ2n) is 7.31. The number of fused-ring (bicyclic) bond motifs is 1. The number of amides is 1. The van der Waals surface area contributed by atoms with Gasteiger partial charge in [0.15, 0.2) is 6.10 Å². The van der Waals surface area contributed by atoms with Gasteiger partial charge in [-0.3, -0.25) is 4.79 Å². The first kappa shape index (κ1) is 20.4. The van der Waals surface area contributed by atoms with Crippen LogP contribution in [-0.4, -0.2) is 24.6 Å². The van der Waals surface area contributed by atoms with E-state index >= 15 is 0 Å². The summed E-state index contributed by atoms with van der Waals surface area (Å²) in [5.74, 6) is -0.213. The number of carbonyl (C=O) groups is 2. The molecule has 1 amide bonds. The smallest absolute Gasteiger partial charge is 0.338 e. The van der Waals surface area contributed by atoms with Gasteiger partial charge in [-0.25, -0.2) is 4.79 Å². The van der Waals surface area contributed by atoms with E-state index in [4.69, 9.17) is 9.47 Å². The first-order chi connectivity index (χ1) is 15.1. The number of esters is 1. The minimum atomic E-state index is -0.958. The lowest BCUT2D eigenvalue weighted by Gasteiger charge is -2.23. The van der Waals surface area contributed by atoms with E-state index in [-0.39, 0.29) is 18.6 Å². The Bertz CT molecular complexity index is 1050. The average molecular weight is 413 g/mol. The maximum atomic E-state index is 12.9. The van der Waals surface area contributed by atoms with E-state index in [0.29, 0.717) is 5.57 Å². The largest absolute Gasteiger partial charge is 0.488 e. The quantitative estimate of drug-likeness (QED) is 0.612. The number of ether oxygens (including phenoxy) is 2. The zero-order chi connectivity index (χ0) is 21.6. The highest BCUT2D eigenvalue weighted by atomic mass is 16.6. The van der Waals surface area contributed by atoms with Crippen molar-refractivity contribution in [2.75, 3.05) is 6.61 Å². The fraction of sp³-hybridized carbons (Fsp3) is 0.154. The minimum Gasteiger partial charge on any atom is -0.488 e. The molecule has 1 aliphatic rings. The average Bonchev–Trinajstić information content (AvgIpc) is 2.83. The van der Waals surface area contributed by atoms with Crippen molar-refractivity contribution < 1.29 is 19.1 Å². The lowest BCUT2D eigenvalue weighted by molar-refractivity contribution is -0.151. The number of hydrogen-bond donors (Lipinski definition) is 1. The van der Waals surface area contributed by atoms with Crippen LogP contribution in [0.15, 0.2) is 90.5 Å². The molecule has 0 saturated heterocycles. The summed E-state index contributed by atoms with van der Waals surface area (Å²) in [6.45, 7) is 1.68. The van der Waals surface area contributed by atoms with Crippen molar-refractivity contribution in [1.29, 1.82) is 0 Å². The first-order valence-electron chi connectivity index (χ1n) is 10.2. The summed E-state index contributed by atoms with van der Waals surface area (Å²) in [6, 6.07) is 26.5. The molecule has 0 aromatic heterocycles. The minimum absolute atomic E-state index is 0.112. The summed E-state index contributed by atoms with van der Waals surface area (Å²) in [6.07, 6.45) is 0.781. The van der Waals surface area contributed by atoms with Gasteiger partial charge in [0.25, 0.3) is 5.91 Å². The summed E-state index contributed by atoms with van der Waals surface area (Å²) in [5, 5.41) is 3.01. The molecule has 0 spiro atoms. The molecule has 1 N–H and O–H groups in total. The van der Waals surface area contributed by atoms with Crippen LogP contribution >= 0.6 is 0 Å². The fourth-order valence-electron chi connectivity index (χ4n) is 3.43. The van der Waals surface area contributed by atoms with Gasteiger partial charge in [0.2, 0.25) is 0 Å². The van der Waals surface area contributed by atoms with Crippen molar-refractivity contribution in [3.8, 4) is 5.75 Å². The van der Waals surface area contributed by atoms with Crippen LogP contribution in [0.1, 0.15) is 29.7 Å². The summed E-state index contributed by atoms with van der Waals surface area (Å²) in [5.41, 5.74) is 3.08. The van der Waals surface area contributed by atoms with Crippen LogP contribution in [0.25, 0.3) is 6.08 Å². The molecule has 156 valence electrons. The molecule has 0 fully saturated rings. The summed E-state index contributed by atoms with van der Waals surface area (Å²) in [7, 11) is 0. The molecule has 1 atom stereocenters. The van der Waals surface area contributed by atoms with Crippen LogP contribution in [-0.2, 0) is 14.3 Å². The molecule has 4 rings (SSSR count). The Morgan fingerprint density at radius 1 is 0.871 bits per heavy atom. The molecule has 3 aromatic carbocycles. The molecule has 31 heavy (non-hydrogen) atoms. The van der Waals surface area contributed by atoms with Crippen LogP contribution in [0.4, 0.5) is 0 Å². The van der Waals surface area contributed by atoms with Crippen molar-refractivity contribution in [2.45, 2.75) is 19.1 Å². The van der Waals surface area contributed by atoms with Gasteiger partial charge in [-0.2, -0.15) is 0 Å². The number of para-hydroxylation sites is 1. The topological polar surface area (TPSA) is 64.6 Å². The molecule has 0 saturated carbocycles. The summed E-state index contributed by atoms with van der Waals surface area (Å²) in [4.78, 5) is 25.5. The summed E-state index contributed by atoms with van der Waals surface area (Å²) < 4.78 is 11.0. The first-order valence-corrected chi connectivity index (χ1v) is 10.2. The van der Waals surface area contributed by atoms with Crippen LogP contribution < -0.4 is 10.1 Å². The van der Waals surface area contributed by atoms with Crippen molar-refractivity contribution in [3.63, 3.8) is 0 Å². The molecular weight excluding hydrogens is 390 g/mol. The van der Waals surface area contributed by atoms with E-state index in [1.807, 2.05) is 84.9 Å². The third-order valence-corrected chi connectivity index (χ3v) is 5.10. The Balaban J connectivity index is 1.46. The second kappa shape index (κ2) is 9.30. The molecule has 0 aliphatic carbocycles. The third kappa shape index (κ3) is 4.83. The van der Waals surface area contributed by atoms with Crippen LogP contribution in [0.2, 0.25) is 0 Å². The van der Waals surface area contributed by atoms with Crippen LogP contribution in [0.5, 0.6) is 5.75 Å². The van der Waals surface area contributed by atoms with Crippen LogP contribution in [0, 0.1) is 0 Å². The van der Waals surface area contributed by atoms with E-state index in [1.54, 1.807) is 13.0 Å². The molecule has 0 radical (unpaired) electrons. The van der Waals surface area contributed by atoms with Crippen molar-refractivity contribution >= 4 is 18.0 Å². The molecule has 1 heterocycles. The third-order valence-electron chi connectivity index (χ3n) is 5.10. The van der Waals surface area contributed by atoms with Gasteiger partial charge in [-0.05, 0) is 30.2 Å². The predicted molar refractivity (Wildman–Crippen MR) is 118 cm³/mol. The molecule has 0 unspecified atom stereocenters. The maximum Gasteiger partial charge on any atom is 0.338 e. The lowest BCUT2D eigenvalue weighted by atomic mass is 9.98. The Kier molecular flexibility index (Phi) is 6.13. The SMILES string of the molecule is C[C@@H](OC(=O)C1=Cc2ccccc2OC1)C(=O)NC(c1ccccc1)c1ccccc1. The number of rotatable bonds is 6. The van der Waals surface area contributed by atoms with Gasteiger partial charge >= 0.3 is 5.97 Å². The molecule has 0 bridgehead atoms. The molecule has 1 aliphatic heterocycles. The summed E-state index contributed by atoms with van der Waals surface area (Å²) >= 11 is 0. The highest BCUT2D eigenvalue weighted by molar-refractivity contribution is 5.97. The number of benzene rings is 3. The molecule has 3 aromatic rings. The molecule has 5 nitrogen and oxygen atoms in total. The molecule has 5 heteroatoms. The highest BCUT2D eigenvalue weighted by Crippen LogP contribution is 2.26. The van der Waals surface area contributed by atoms with Gasteiger partial charge in [0.05, 0.1) is 11.6 Å². The van der Waals surface area contributed by atoms with E-state index in [9.17, 15) is 9.59 Å². The second-order valence-corrected chi connectivity index (χ2v) is 7.31. The standard InChI is InChI=1S/C26H23NO4/c1-18(31-26(29)22-16-21-14-8-9-15-23(21)30-17-22)25(28)27-24(19-10-4-2-5-11-19)20-12-6-3-7-13-20/h2-16,18,24H,17H2,1H3,(H,27,28)/t18-/m1/s1. The fourth-order valence-corrected chi connectivity index (χ4v) is 3.43. The van der Waals surface area contributed by atoms with E-state index in [0.717, 1.165) is 22.4 Å². The van der Waals surface area contributed by atoms with Crippen LogP contribution in [0.3, 0.4) is 0 Å². The zero-order valence-electron chi connectivity index (χ0n) is 17.2. The Morgan fingerprint density at radius 2 is 1.45 bits per heavy atom. The number of carbonyl (C=O) groups excluding carboxylic acids is 2. The zero-order valence-corrected chi connectivity index (χ0v) is 17.2. The Hall–Kier alpha value is -3.86. The van der Waals surface area contributed by atoms with Gasteiger partial charge in [-0.1, -0.05) is 78.9 Å². The van der Waals surface area contributed by atoms with Gasteiger partial charge in [-0.15, -0.1) is 0 Å². The Morgan fingerprint density at radius 3 is 2.10 bits per heavy atom. The molecular formula is C26H23NO4. The maximum absolute atomic E-state index is 12.9. The van der Waals surface area contributed by atoms with E-state index in [1.165, 1.54) is 0 Å². The van der Waals surface area contributed by atoms with Crippen molar-refractivity contribution in [1.82, 2.24) is 5.32 Å². The lowest BCUT2D eigenvalue weighted by Crippen LogP contribution is -2.39. The number of hydrogen-bond acceptors (Lipinski definition) is 4. The van der Waals surface area contributed by atoms with E-state index in [2.05, 4.69) is 5.32 Å². The number of nitrogens with one attached hydrogen (secondary N) is 1. The van der Waals surface area contributed by atoms with E-state index < -0.39 is 12.1 Å². The Labute approximate surface area is 181 Å². The predicted octanol–water partition coefficient (Wildman–Crippen LogP) is 4.30.